The number of ether oxygens (including phenoxy) is 2. The third-order valence-corrected chi connectivity index (χ3v) is 2.60. The minimum atomic E-state index is -0.998. The average Bonchev–Trinajstić information content (AvgIpc) is 2.26. The van der Waals surface area contributed by atoms with E-state index in [4.69, 9.17) is 14.6 Å². The van der Waals surface area contributed by atoms with Gasteiger partial charge < -0.3 is 14.6 Å². The molecule has 0 heterocycles. The first-order valence-corrected chi connectivity index (χ1v) is 5.20. The molecule has 0 saturated carbocycles. The zero-order valence-corrected chi connectivity index (χ0v) is 10.4. The van der Waals surface area contributed by atoms with Crippen molar-refractivity contribution in [1.29, 1.82) is 0 Å². The van der Waals surface area contributed by atoms with Crippen LogP contribution in [0.3, 0.4) is 0 Å². The minimum absolute atomic E-state index is 0.552. The van der Waals surface area contributed by atoms with E-state index in [0.717, 1.165) is 10.5 Å². The molecule has 1 aromatic rings. The van der Waals surface area contributed by atoms with Crippen molar-refractivity contribution < 1.29 is 19.4 Å². The summed E-state index contributed by atoms with van der Waals surface area (Å²) in [5.74, 6) is 0.138. The van der Waals surface area contributed by atoms with Gasteiger partial charge in [-0.15, -0.1) is 0 Å². The van der Waals surface area contributed by atoms with Gasteiger partial charge >= 0.3 is 5.97 Å². The lowest BCUT2D eigenvalue weighted by Gasteiger charge is -2.09. The van der Waals surface area contributed by atoms with E-state index in [-0.39, 0.29) is 0 Å². The number of methoxy groups -OCH3 is 2. The zero-order valence-electron chi connectivity index (χ0n) is 8.86. The van der Waals surface area contributed by atoms with E-state index in [2.05, 4.69) is 15.9 Å². The van der Waals surface area contributed by atoms with Gasteiger partial charge in [0.05, 0.1) is 14.2 Å². The maximum absolute atomic E-state index is 10.4. The van der Waals surface area contributed by atoms with Crippen molar-refractivity contribution in [3.63, 3.8) is 0 Å². The highest BCUT2D eigenvalue weighted by atomic mass is 79.9. The van der Waals surface area contributed by atoms with Crippen molar-refractivity contribution in [2.45, 2.75) is 0 Å². The molecule has 0 atom stereocenters. The molecule has 0 aromatic heterocycles. The molecule has 0 unspecified atom stereocenters. The number of halogens is 1. The number of rotatable bonds is 4. The number of benzene rings is 1. The van der Waals surface area contributed by atoms with E-state index >= 15 is 0 Å². The van der Waals surface area contributed by atoms with Crippen molar-refractivity contribution in [3.05, 3.63) is 28.2 Å². The second-order valence-corrected chi connectivity index (χ2v) is 3.75. The Morgan fingerprint density at radius 1 is 1.31 bits per heavy atom. The van der Waals surface area contributed by atoms with Crippen LogP contribution in [0.15, 0.2) is 22.7 Å². The molecule has 0 aliphatic heterocycles. The molecule has 1 N–H and O–H groups in total. The third kappa shape index (κ3) is 3.00. The van der Waals surface area contributed by atoms with E-state index in [9.17, 15) is 4.79 Å². The van der Waals surface area contributed by atoms with Crippen molar-refractivity contribution in [1.82, 2.24) is 0 Å². The van der Waals surface area contributed by atoms with Crippen LogP contribution in [0.1, 0.15) is 5.56 Å². The lowest BCUT2D eigenvalue weighted by molar-refractivity contribution is -0.131. The van der Waals surface area contributed by atoms with Gasteiger partial charge in [-0.05, 0) is 23.8 Å². The fourth-order valence-corrected chi connectivity index (χ4v) is 1.61. The summed E-state index contributed by atoms with van der Waals surface area (Å²) in [6.45, 7) is 0. The molecule has 1 aromatic carbocycles. The number of carboxylic acid groups (broad SMARTS) is 1. The summed E-state index contributed by atoms with van der Waals surface area (Å²) in [5, 5.41) is 8.53. The number of carbonyl (C=O) groups is 1. The molecule has 86 valence electrons. The van der Waals surface area contributed by atoms with Crippen molar-refractivity contribution in [2.24, 2.45) is 0 Å². The van der Waals surface area contributed by atoms with Gasteiger partial charge in [0.2, 0.25) is 0 Å². The Kier molecular flexibility index (Phi) is 4.37. The summed E-state index contributed by atoms with van der Waals surface area (Å²) >= 11 is 3.32. The molecule has 0 spiro atoms. The smallest absolute Gasteiger partial charge is 0.328 e. The standard InChI is InChI=1S/C11H11BrO4/c1-15-9-5-7(3-4-11(13)14)8(12)6-10(9)16-2/h3-6H,1-2H3,(H,13,14)/b4-3+. The maximum Gasteiger partial charge on any atom is 0.328 e. The Labute approximate surface area is 102 Å². The Morgan fingerprint density at radius 2 is 1.88 bits per heavy atom. The summed E-state index contributed by atoms with van der Waals surface area (Å²) in [4.78, 5) is 10.4. The van der Waals surface area contributed by atoms with E-state index in [1.807, 2.05) is 0 Å². The fourth-order valence-electron chi connectivity index (χ4n) is 1.16. The highest BCUT2D eigenvalue weighted by molar-refractivity contribution is 9.10. The molecule has 4 nitrogen and oxygen atoms in total. The molecule has 0 bridgehead atoms. The van der Waals surface area contributed by atoms with Crippen molar-refractivity contribution in [3.8, 4) is 11.5 Å². The molecule has 0 aliphatic carbocycles. The third-order valence-electron chi connectivity index (χ3n) is 1.91. The minimum Gasteiger partial charge on any atom is -0.493 e. The van der Waals surface area contributed by atoms with Gasteiger partial charge in [0.1, 0.15) is 0 Å². The quantitative estimate of drug-likeness (QED) is 0.865. The summed E-state index contributed by atoms with van der Waals surface area (Å²) in [7, 11) is 3.06. The van der Waals surface area contributed by atoms with E-state index in [1.165, 1.54) is 20.3 Å². The molecule has 0 radical (unpaired) electrons. The molecule has 5 heteroatoms. The molecular formula is C11H11BrO4. The van der Waals surface area contributed by atoms with E-state index in [0.29, 0.717) is 17.1 Å². The van der Waals surface area contributed by atoms with Gasteiger partial charge in [-0.3, -0.25) is 0 Å². The Balaban J connectivity index is 3.16. The Hall–Kier alpha value is -1.49. The first-order valence-electron chi connectivity index (χ1n) is 4.41. The van der Waals surface area contributed by atoms with Crippen LogP contribution >= 0.6 is 15.9 Å². The zero-order chi connectivity index (χ0) is 12.1. The number of aliphatic carboxylic acids is 1. The molecule has 1 rings (SSSR count). The van der Waals surface area contributed by atoms with Crippen LogP contribution in [-0.2, 0) is 4.79 Å². The number of carboxylic acids is 1. The van der Waals surface area contributed by atoms with E-state index in [1.54, 1.807) is 12.1 Å². The van der Waals surface area contributed by atoms with Crippen LogP contribution in [0, 0.1) is 0 Å². The first-order chi connectivity index (χ1) is 7.58. The van der Waals surface area contributed by atoms with Crippen LogP contribution < -0.4 is 9.47 Å². The average molecular weight is 287 g/mol. The highest BCUT2D eigenvalue weighted by Crippen LogP contribution is 2.33. The van der Waals surface area contributed by atoms with Crippen LogP contribution in [0.5, 0.6) is 11.5 Å². The van der Waals surface area contributed by atoms with Crippen LogP contribution in [0.2, 0.25) is 0 Å². The highest BCUT2D eigenvalue weighted by Gasteiger charge is 2.07. The number of hydrogen-bond acceptors (Lipinski definition) is 3. The van der Waals surface area contributed by atoms with Gasteiger partial charge in [-0.25, -0.2) is 4.79 Å². The van der Waals surface area contributed by atoms with Crippen LogP contribution in [0.25, 0.3) is 6.08 Å². The topological polar surface area (TPSA) is 55.8 Å². The lowest BCUT2D eigenvalue weighted by Crippen LogP contribution is -1.92. The monoisotopic (exact) mass is 286 g/mol. The second kappa shape index (κ2) is 5.55. The predicted molar refractivity (Wildman–Crippen MR) is 63.9 cm³/mol. The van der Waals surface area contributed by atoms with Gasteiger partial charge in [-0.2, -0.15) is 0 Å². The Morgan fingerprint density at radius 3 is 2.38 bits per heavy atom. The molecule has 0 aliphatic rings. The Bertz CT molecular complexity index is 426. The molecule has 0 saturated heterocycles. The second-order valence-electron chi connectivity index (χ2n) is 2.90. The molecule has 0 amide bonds. The SMILES string of the molecule is COc1cc(Br)c(/C=C/C(=O)O)cc1OC. The van der Waals surface area contributed by atoms with Crippen molar-refractivity contribution in [2.75, 3.05) is 14.2 Å². The van der Waals surface area contributed by atoms with Gasteiger partial charge in [-0.1, -0.05) is 15.9 Å². The van der Waals surface area contributed by atoms with Crippen LogP contribution in [0.4, 0.5) is 0 Å². The summed E-state index contributed by atoms with van der Waals surface area (Å²) in [5.41, 5.74) is 0.708. The molecular weight excluding hydrogens is 276 g/mol. The fraction of sp³-hybridized carbons (Fsp3) is 0.182. The van der Waals surface area contributed by atoms with Gasteiger partial charge in [0.15, 0.2) is 11.5 Å². The van der Waals surface area contributed by atoms with Gasteiger partial charge in [0, 0.05) is 10.5 Å². The van der Waals surface area contributed by atoms with Crippen molar-refractivity contribution >= 4 is 28.0 Å². The van der Waals surface area contributed by atoms with E-state index < -0.39 is 5.97 Å². The molecule has 0 fully saturated rings. The van der Waals surface area contributed by atoms with Crippen LogP contribution in [-0.4, -0.2) is 25.3 Å². The summed E-state index contributed by atoms with van der Waals surface area (Å²) in [6, 6.07) is 3.42. The lowest BCUT2D eigenvalue weighted by atomic mass is 10.2. The number of hydrogen-bond donors (Lipinski definition) is 1. The first kappa shape index (κ1) is 12.6. The maximum atomic E-state index is 10.4. The summed E-state index contributed by atoms with van der Waals surface area (Å²) in [6.07, 6.45) is 2.54. The largest absolute Gasteiger partial charge is 0.493 e. The van der Waals surface area contributed by atoms with Gasteiger partial charge in [0.25, 0.3) is 0 Å². The summed E-state index contributed by atoms with van der Waals surface area (Å²) < 4.78 is 11.0. The normalized spacial score (nSPS) is 10.4. The molecule has 16 heavy (non-hydrogen) atoms. The predicted octanol–water partition coefficient (Wildman–Crippen LogP) is 2.56.